The van der Waals surface area contributed by atoms with Gasteiger partial charge in [0.1, 0.15) is 17.1 Å². The van der Waals surface area contributed by atoms with Crippen molar-refractivity contribution in [1.82, 2.24) is 14.8 Å². The number of oxazole rings is 1. The van der Waals surface area contributed by atoms with Crippen LogP contribution in [0.5, 0.6) is 5.75 Å². The molecule has 4 aromatic rings. The minimum Gasteiger partial charge on any atom is -0.494 e. The van der Waals surface area contributed by atoms with Gasteiger partial charge in [-0.25, -0.2) is 9.78 Å². The molecule has 7 heteroatoms. The number of hydrogen-bond acceptors (Lipinski definition) is 7. The monoisotopic (exact) mass is 473 g/mol. The molecule has 0 amide bonds. The van der Waals surface area contributed by atoms with E-state index in [1.54, 1.807) is 6.07 Å². The average molecular weight is 474 g/mol. The van der Waals surface area contributed by atoms with E-state index in [0.29, 0.717) is 24.6 Å². The van der Waals surface area contributed by atoms with E-state index in [4.69, 9.17) is 18.6 Å². The molecule has 1 aliphatic heterocycles. The maximum Gasteiger partial charge on any atom is 0.336 e. The second-order valence-corrected chi connectivity index (χ2v) is 9.12. The Bertz CT molecular complexity index is 1370. The number of benzene rings is 2. The minimum atomic E-state index is -0.318. The van der Waals surface area contributed by atoms with Gasteiger partial charge in [0.15, 0.2) is 0 Å². The molecule has 2 aromatic heterocycles. The number of aromatic nitrogens is 1. The van der Waals surface area contributed by atoms with Crippen molar-refractivity contribution in [3.63, 3.8) is 0 Å². The van der Waals surface area contributed by atoms with Crippen LogP contribution in [-0.4, -0.2) is 47.6 Å². The SMILES string of the molecule is CCOc1ccc2oc(=O)cc(CN3CCN(Cc4nc(-c5ccc(C)cc5)oc4C)CC3)c2c1. The molecular weight excluding hydrogens is 442 g/mol. The molecule has 182 valence electrons. The summed E-state index contributed by atoms with van der Waals surface area (Å²) in [5.74, 6) is 2.33. The fraction of sp³-hybridized carbons (Fsp3) is 0.357. The highest BCUT2D eigenvalue weighted by atomic mass is 16.5. The van der Waals surface area contributed by atoms with E-state index < -0.39 is 0 Å². The van der Waals surface area contributed by atoms with Crippen LogP contribution in [0.15, 0.2) is 62.2 Å². The quantitative estimate of drug-likeness (QED) is 0.358. The summed E-state index contributed by atoms with van der Waals surface area (Å²) in [6.45, 7) is 11.8. The first-order valence-corrected chi connectivity index (χ1v) is 12.2. The highest BCUT2D eigenvalue weighted by Gasteiger charge is 2.21. The Morgan fingerprint density at radius 3 is 2.34 bits per heavy atom. The molecule has 5 rings (SSSR count). The van der Waals surface area contributed by atoms with Crippen molar-refractivity contribution in [3.8, 4) is 17.2 Å². The van der Waals surface area contributed by atoms with E-state index in [1.165, 1.54) is 5.56 Å². The van der Waals surface area contributed by atoms with Gasteiger partial charge in [-0.3, -0.25) is 9.80 Å². The molecule has 0 N–H and O–H groups in total. The minimum absolute atomic E-state index is 0.318. The summed E-state index contributed by atoms with van der Waals surface area (Å²) in [6, 6.07) is 15.5. The van der Waals surface area contributed by atoms with Gasteiger partial charge in [0, 0.05) is 56.3 Å². The van der Waals surface area contributed by atoms with Gasteiger partial charge in [0.2, 0.25) is 5.89 Å². The van der Waals surface area contributed by atoms with Crippen LogP contribution in [0.4, 0.5) is 0 Å². The van der Waals surface area contributed by atoms with Gasteiger partial charge in [-0.15, -0.1) is 0 Å². The Kier molecular flexibility index (Phi) is 6.70. The van der Waals surface area contributed by atoms with Gasteiger partial charge < -0.3 is 13.6 Å². The largest absolute Gasteiger partial charge is 0.494 e. The molecule has 0 radical (unpaired) electrons. The van der Waals surface area contributed by atoms with Crippen LogP contribution in [0.25, 0.3) is 22.4 Å². The molecule has 0 spiro atoms. The first-order valence-electron chi connectivity index (χ1n) is 12.2. The summed E-state index contributed by atoms with van der Waals surface area (Å²) in [4.78, 5) is 21.7. The summed E-state index contributed by atoms with van der Waals surface area (Å²) in [5, 5.41) is 0.930. The molecular formula is C28H31N3O4. The predicted molar refractivity (Wildman–Crippen MR) is 136 cm³/mol. The molecule has 1 fully saturated rings. The fourth-order valence-electron chi connectivity index (χ4n) is 4.55. The lowest BCUT2D eigenvalue weighted by atomic mass is 10.1. The molecule has 0 saturated carbocycles. The summed E-state index contributed by atoms with van der Waals surface area (Å²) >= 11 is 0. The second kappa shape index (κ2) is 10.1. The van der Waals surface area contributed by atoms with Gasteiger partial charge in [-0.05, 0) is 56.7 Å². The van der Waals surface area contributed by atoms with Crippen LogP contribution in [0.3, 0.4) is 0 Å². The van der Waals surface area contributed by atoms with E-state index in [1.807, 2.05) is 44.2 Å². The first kappa shape index (κ1) is 23.3. The maximum absolute atomic E-state index is 12.1. The number of nitrogens with zero attached hydrogens (tertiary/aromatic N) is 3. The van der Waals surface area contributed by atoms with Crippen LogP contribution < -0.4 is 10.4 Å². The number of fused-ring (bicyclic) bond motifs is 1. The maximum atomic E-state index is 12.1. The summed E-state index contributed by atoms with van der Waals surface area (Å²) in [7, 11) is 0. The highest BCUT2D eigenvalue weighted by Crippen LogP contribution is 2.26. The number of hydrogen-bond donors (Lipinski definition) is 0. The molecule has 0 bridgehead atoms. The zero-order chi connectivity index (χ0) is 24.4. The molecule has 0 atom stereocenters. The lowest BCUT2D eigenvalue weighted by molar-refractivity contribution is 0.121. The van der Waals surface area contributed by atoms with Crippen molar-refractivity contribution in [2.75, 3.05) is 32.8 Å². The molecule has 2 aromatic carbocycles. The van der Waals surface area contributed by atoms with Gasteiger partial charge in [-0.2, -0.15) is 0 Å². The second-order valence-electron chi connectivity index (χ2n) is 9.12. The Balaban J connectivity index is 1.24. The number of rotatable bonds is 7. The van der Waals surface area contributed by atoms with Crippen molar-refractivity contribution in [2.24, 2.45) is 0 Å². The molecule has 7 nitrogen and oxygen atoms in total. The van der Waals surface area contributed by atoms with Gasteiger partial charge >= 0.3 is 5.63 Å². The summed E-state index contributed by atoms with van der Waals surface area (Å²) < 4.78 is 17.0. The van der Waals surface area contributed by atoms with Crippen molar-refractivity contribution in [2.45, 2.75) is 33.9 Å². The third-order valence-electron chi connectivity index (χ3n) is 6.53. The van der Waals surface area contributed by atoms with E-state index in [-0.39, 0.29) is 5.63 Å². The fourth-order valence-corrected chi connectivity index (χ4v) is 4.55. The summed E-state index contributed by atoms with van der Waals surface area (Å²) in [6.07, 6.45) is 0. The standard InChI is InChI=1S/C28H31N3O4/c1-4-33-23-9-10-26-24(16-23)22(15-27(32)35-26)17-30-11-13-31(14-12-30)18-25-20(3)34-28(29-25)21-7-5-19(2)6-8-21/h5-10,15-16H,4,11-14,17-18H2,1-3H3. The molecule has 35 heavy (non-hydrogen) atoms. The molecule has 1 saturated heterocycles. The Morgan fingerprint density at radius 2 is 1.63 bits per heavy atom. The first-order chi connectivity index (χ1) is 17.0. The van der Waals surface area contributed by atoms with Crippen molar-refractivity contribution < 1.29 is 13.6 Å². The van der Waals surface area contributed by atoms with Crippen LogP contribution in [-0.2, 0) is 13.1 Å². The van der Waals surface area contributed by atoms with E-state index in [0.717, 1.165) is 66.4 Å². The van der Waals surface area contributed by atoms with Crippen molar-refractivity contribution >= 4 is 11.0 Å². The average Bonchev–Trinajstić information content (AvgIpc) is 3.21. The van der Waals surface area contributed by atoms with E-state index in [2.05, 4.69) is 28.9 Å². The Morgan fingerprint density at radius 1 is 0.914 bits per heavy atom. The van der Waals surface area contributed by atoms with Crippen molar-refractivity contribution in [3.05, 3.63) is 81.5 Å². The zero-order valence-corrected chi connectivity index (χ0v) is 20.5. The van der Waals surface area contributed by atoms with E-state index in [9.17, 15) is 4.79 Å². The third kappa shape index (κ3) is 5.31. The predicted octanol–water partition coefficient (Wildman–Crippen LogP) is 4.78. The topological polar surface area (TPSA) is 72.0 Å². The Hall–Kier alpha value is -3.42. The summed E-state index contributed by atoms with van der Waals surface area (Å²) in [5.41, 5.74) is 4.46. The molecule has 1 aliphatic rings. The highest BCUT2D eigenvalue weighted by molar-refractivity contribution is 5.81. The number of piperazine rings is 1. The third-order valence-corrected chi connectivity index (χ3v) is 6.53. The van der Waals surface area contributed by atoms with Crippen LogP contribution in [0.1, 0.15) is 29.5 Å². The Labute approximate surface area is 204 Å². The normalized spacial score (nSPS) is 15.1. The number of aryl methyl sites for hydroxylation is 2. The zero-order valence-electron chi connectivity index (χ0n) is 20.5. The van der Waals surface area contributed by atoms with Gasteiger partial charge in [-0.1, -0.05) is 17.7 Å². The molecule has 3 heterocycles. The van der Waals surface area contributed by atoms with Crippen LogP contribution in [0, 0.1) is 13.8 Å². The molecule has 0 aliphatic carbocycles. The smallest absolute Gasteiger partial charge is 0.336 e. The van der Waals surface area contributed by atoms with Crippen LogP contribution >= 0.6 is 0 Å². The number of ether oxygens (including phenoxy) is 1. The molecule has 0 unspecified atom stereocenters. The lowest BCUT2D eigenvalue weighted by Crippen LogP contribution is -2.45. The van der Waals surface area contributed by atoms with Crippen LogP contribution in [0.2, 0.25) is 0 Å². The van der Waals surface area contributed by atoms with E-state index >= 15 is 0 Å². The van der Waals surface area contributed by atoms with Gasteiger partial charge in [0.25, 0.3) is 0 Å². The van der Waals surface area contributed by atoms with Crippen molar-refractivity contribution in [1.29, 1.82) is 0 Å². The lowest BCUT2D eigenvalue weighted by Gasteiger charge is -2.34. The van der Waals surface area contributed by atoms with Gasteiger partial charge in [0.05, 0.1) is 12.3 Å².